The Morgan fingerprint density at radius 1 is 1.47 bits per heavy atom. The van der Waals surface area contributed by atoms with Gasteiger partial charge in [-0.15, -0.1) is 10.2 Å². The van der Waals surface area contributed by atoms with E-state index in [9.17, 15) is 0 Å². The lowest BCUT2D eigenvalue weighted by Crippen LogP contribution is -2.22. The first-order chi connectivity index (χ1) is 7.36. The zero-order chi connectivity index (χ0) is 10.3. The number of fused-ring (bicyclic) bond motifs is 1. The first kappa shape index (κ1) is 8.79. The van der Waals surface area contributed by atoms with Crippen molar-refractivity contribution >= 4 is 5.78 Å². The Morgan fingerprint density at radius 3 is 3.20 bits per heavy atom. The van der Waals surface area contributed by atoms with Gasteiger partial charge in [-0.25, -0.2) is 4.98 Å². The van der Waals surface area contributed by atoms with Crippen molar-refractivity contribution in [1.82, 2.24) is 24.9 Å². The SMILES string of the molecule is CC1NCCC1c1nnc2ncccn12. The van der Waals surface area contributed by atoms with Crippen LogP contribution in [0.1, 0.15) is 25.1 Å². The van der Waals surface area contributed by atoms with Crippen LogP contribution in [-0.2, 0) is 0 Å². The Bertz CT molecular complexity index is 477. The summed E-state index contributed by atoms with van der Waals surface area (Å²) in [7, 11) is 0. The Morgan fingerprint density at radius 2 is 2.40 bits per heavy atom. The van der Waals surface area contributed by atoms with Crippen LogP contribution in [0.2, 0.25) is 0 Å². The quantitative estimate of drug-likeness (QED) is 0.737. The lowest BCUT2D eigenvalue weighted by atomic mass is 10.0. The van der Waals surface area contributed by atoms with Crippen LogP contribution in [-0.4, -0.2) is 32.2 Å². The Hall–Kier alpha value is -1.49. The highest BCUT2D eigenvalue weighted by atomic mass is 15.3. The molecule has 3 rings (SSSR count). The fourth-order valence-electron chi connectivity index (χ4n) is 2.22. The monoisotopic (exact) mass is 203 g/mol. The van der Waals surface area contributed by atoms with E-state index in [4.69, 9.17) is 0 Å². The van der Waals surface area contributed by atoms with Crippen molar-refractivity contribution in [3.63, 3.8) is 0 Å². The molecule has 0 aliphatic carbocycles. The van der Waals surface area contributed by atoms with E-state index in [2.05, 4.69) is 27.4 Å². The number of hydrogen-bond acceptors (Lipinski definition) is 4. The molecule has 0 spiro atoms. The molecule has 0 bridgehead atoms. The van der Waals surface area contributed by atoms with E-state index >= 15 is 0 Å². The third kappa shape index (κ3) is 1.31. The zero-order valence-electron chi connectivity index (χ0n) is 8.59. The van der Waals surface area contributed by atoms with Crippen LogP contribution in [0.5, 0.6) is 0 Å². The predicted octanol–water partition coefficient (Wildman–Crippen LogP) is 0.590. The smallest absolute Gasteiger partial charge is 0.254 e. The molecule has 0 saturated carbocycles. The van der Waals surface area contributed by atoms with Gasteiger partial charge in [-0.05, 0) is 26.0 Å². The van der Waals surface area contributed by atoms with E-state index in [1.54, 1.807) is 6.20 Å². The first-order valence-electron chi connectivity index (χ1n) is 5.25. The topological polar surface area (TPSA) is 55.1 Å². The van der Waals surface area contributed by atoms with Gasteiger partial charge in [0.05, 0.1) is 0 Å². The molecule has 2 aromatic heterocycles. The lowest BCUT2D eigenvalue weighted by molar-refractivity contribution is 0.563. The zero-order valence-corrected chi connectivity index (χ0v) is 8.59. The van der Waals surface area contributed by atoms with E-state index in [0.717, 1.165) is 18.8 Å². The summed E-state index contributed by atoms with van der Waals surface area (Å²) in [6.07, 6.45) is 4.84. The molecule has 1 fully saturated rings. The standard InChI is InChI=1S/C10H13N5/c1-7-8(3-5-11-7)9-13-14-10-12-4-2-6-15(9)10/h2,4,6-8,11H,3,5H2,1H3. The molecule has 2 unspecified atom stereocenters. The molecular formula is C10H13N5. The van der Waals surface area contributed by atoms with Crippen molar-refractivity contribution in [3.05, 3.63) is 24.3 Å². The van der Waals surface area contributed by atoms with E-state index in [1.807, 2.05) is 16.7 Å². The third-order valence-electron chi connectivity index (χ3n) is 3.07. The number of nitrogens with one attached hydrogen (secondary N) is 1. The summed E-state index contributed by atoms with van der Waals surface area (Å²) in [5.41, 5.74) is 0. The normalized spacial score (nSPS) is 26.2. The summed E-state index contributed by atoms with van der Waals surface area (Å²) >= 11 is 0. The second-order valence-corrected chi connectivity index (χ2v) is 3.99. The van der Waals surface area contributed by atoms with Gasteiger partial charge < -0.3 is 5.32 Å². The Labute approximate surface area is 87.5 Å². The minimum Gasteiger partial charge on any atom is -0.314 e. The minimum absolute atomic E-state index is 0.448. The maximum atomic E-state index is 4.24. The number of hydrogen-bond donors (Lipinski definition) is 1. The summed E-state index contributed by atoms with van der Waals surface area (Å²) in [6, 6.07) is 2.38. The molecule has 0 radical (unpaired) electrons. The number of rotatable bonds is 1. The van der Waals surface area contributed by atoms with Gasteiger partial charge in [-0.2, -0.15) is 0 Å². The fraction of sp³-hybridized carbons (Fsp3) is 0.500. The molecule has 5 heteroatoms. The Kier molecular flexibility index (Phi) is 1.92. The van der Waals surface area contributed by atoms with Crippen LogP contribution >= 0.6 is 0 Å². The molecular weight excluding hydrogens is 190 g/mol. The van der Waals surface area contributed by atoms with Gasteiger partial charge in [0.15, 0.2) is 0 Å². The third-order valence-corrected chi connectivity index (χ3v) is 3.07. The van der Waals surface area contributed by atoms with Crippen molar-refractivity contribution in [1.29, 1.82) is 0 Å². The minimum atomic E-state index is 0.448. The highest BCUT2D eigenvalue weighted by Crippen LogP contribution is 2.25. The predicted molar refractivity (Wildman–Crippen MR) is 55.6 cm³/mol. The molecule has 0 aromatic carbocycles. The van der Waals surface area contributed by atoms with Crippen LogP contribution in [0.3, 0.4) is 0 Å². The summed E-state index contributed by atoms with van der Waals surface area (Å²) in [4.78, 5) is 4.17. The molecule has 2 aromatic rings. The first-order valence-corrected chi connectivity index (χ1v) is 5.25. The molecule has 1 aliphatic rings. The van der Waals surface area contributed by atoms with Gasteiger partial charge in [0.1, 0.15) is 5.82 Å². The fourth-order valence-corrected chi connectivity index (χ4v) is 2.22. The van der Waals surface area contributed by atoms with Crippen LogP contribution in [0.4, 0.5) is 0 Å². The molecule has 78 valence electrons. The molecule has 3 heterocycles. The van der Waals surface area contributed by atoms with Crippen molar-refractivity contribution in [2.75, 3.05) is 6.54 Å². The van der Waals surface area contributed by atoms with Gasteiger partial charge in [0, 0.05) is 24.4 Å². The largest absolute Gasteiger partial charge is 0.314 e. The number of nitrogens with zero attached hydrogens (tertiary/aromatic N) is 4. The molecule has 2 atom stereocenters. The second kappa shape index (κ2) is 3.27. The average molecular weight is 203 g/mol. The molecule has 0 amide bonds. The van der Waals surface area contributed by atoms with Crippen molar-refractivity contribution in [2.24, 2.45) is 0 Å². The summed E-state index contributed by atoms with van der Waals surface area (Å²) in [5, 5.41) is 11.7. The van der Waals surface area contributed by atoms with Crippen LogP contribution in [0.25, 0.3) is 5.78 Å². The maximum Gasteiger partial charge on any atom is 0.254 e. The highest BCUT2D eigenvalue weighted by Gasteiger charge is 2.28. The summed E-state index contributed by atoms with van der Waals surface area (Å²) in [5.74, 6) is 2.16. The highest BCUT2D eigenvalue weighted by molar-refractivity contribution is 5.28. The van der Waals surface area contributed by atoms with Gasteiger partial charge in [-0.1, -0.05) is 0 Å². The molecule has 1 aliphatic heterocycles. The van der Waals surface area contributed by atoms with E-state index in [1.165, 1.54) is 0 Å². The Balaban J connectivity index is 2.10. The van der Waals surface area contributed by atoms with Gasteiger partial charge in [0.2, 0.25) is 0 Å². The number of aromatic nitrogens is 4. The second-order valence-electron chi connectivity index (χ2n) is 3.99. The van der Waals surface area contributed by atoms with Gasteiger partial charge in [0.25, 0.3) is 5.78 Å². The van der Waals surface area contributed by atoms with E-state index in [0.29, 0.717) is 17.7 Å². The summed E-state index contributed by atoms with van der Waals surface area (Å²) < 4.78 is 1.98. The lowest BCUT2D eigenvalue weighted by Gasteiger charge is -2.12. The van der Waals surface area contributed by atoms with Crippen molar-refractivity contribution < 1.29 is 0 Å². The van der Waals surface area contributed by atoms with Crippen molar-refractivity contribution in [3.8, 4) is 0 Å². The summed E-state index contributed by atoms with van der Waals surface area (Å²) in [6.45, 7) is 3.25. The van der Waals surface area contributed by atoms with Crippen molar-refractivity contribution in [2.45, 2.75) is 25.3 Å². The molecule has 5 nitrogen and oxygen atoms in total. The average Bonchev–Trinajstić information content (AvgIpc) is 2.83. The molecule has 15 heavy (non-hydrogen) atoms. The van der Waals surface area contributed by atoms with Gasteiger partial charge >= 0.3 is 0 Å². The molecule has 1 N–H and O–H groups in total. The van der Waals surface area contributed by atoms with Crippen LogP contribution in [0.15, 0.2) is 18.5 Å². The van der Waals surface area contributed by atoms with Crippen LogP contribution < -0.4 is 5.32 Å². The maximum absolute atomic E-state index is 4.24. The van der Waals surface area contributed by atoms with Gasteiger partial charge in [-0.3, -0.25) is 4.40 Å². The van der Waals surface area contributed by atoms with Crippen LogP contribution in [0, 0.1) is 0 Å². The van der Waals surface area contributed by atoms with E-state index < -0.39 is 0 Å². The molecule has 1 saturated heterocycles. The van der Waals surface area contributed by atoms with E-state index in [-0.39, 0.29) is 0 Å².